The van der Waals surface area contributed by atoms with Gasteiger partial charge in [-0.15, -0.1) is 0 Å². The topological polar surface area (TPSA) is 41.1 Å². The lowest BCUT2D eigenvalue weighted by Crippen LogP contribution is -2.41. The summed E-state index contributed by atoms with van der Waals surface area (Å²) in [5, 5.41) is 6.47. The van der Waals surface area contributed by atoms with Crippen LogP contribution in [0.2, 0.25) is 0 Å². The molecule has 3 unspecified atom stereocenters. The van der Waals surface area contributed by atoms with Gasteiger partial charge in [-0.2, -0.15) is 0 Å². The third-order valence-corrected chi connectivity index (χ3v) is 3.77. The van der Waals surface area contributed by atoms with E-state index < -0.39 is 0 Å². The summed E-state index contributed by atoms with van der Waals surface area (Å²) in [4.78, 5) is 11.8. The summed E-state index contributed by atoms with van der Waals surface area (Å²) in [6.07, 6.45) is 6.81. The fraction of sp³-hybridized carbons (Fsp3) is 0.929. The minimum atomic E-state index is 0.209. The van der Waals surface area contributed by atoms with Crippen molar-refractivity contribution in [1.29, 1.82) is 0 Å². The zero-order chi connectivity index (χ0) is 12.7. The van der Waals surface area contributed by atoms with Gasteiger partial charge in [0, 0.05) is 18.5 Å². The minimum Gasteiger partial charge on any atom is -0.353 e. The lowest BCUT2D eigenvalue weighted by Gasteiger charge is -2.29. The fourth-order valence-electron chi connectivity index (χ4n) is 2.78. The van der Waals surface area contributed by atoms with Crippen molar-refractivity contribution in [2.75, 3.05) is 6.54 Å². The maximum Gasteiger partial charge on any atom is 0.221 e. The molecule has 1 saturated carbocycles. The molecular weight excluding hydrogens is 212 g/mol. The number of hydrogen-bond acceptors (Lipinski definition) is 2. The second kappa shape index (κ2) is 7.70. The van der Waals surface area contributed by atoms with Gasteiger partial charge >= 0.3 is 0 Å². The summed E-state index contributed by atoms with van der Waals surface area (Å²) < 4.78 is 0. The van der Waals surface area contributed by atoms with Crippen LogP contribution in [0.1, 0.15) is 59.3 Å². The van der Waals surface area contributed by atoms with Crippen LogP contribution in [0.4, 0.5) is 0 Å². The zero-order valence-corrected chi connectivity index (χ0v) is 11.6. The molecule has 3 atom stereocenters. The predicted octanol–water partition coefficient (Wildman–Crippen LogP) is 2.46. The molecule has 0 radical (unpaired) electrons. The molecule has 1 aliphatic rings. The number of carbonyl (C=O) groups is 1. The van der Waals surface area contributed by atoms with Gasteiger partial charge in [0.1, 0.15) is 0 Å². The Kier molecular flexibility index (Phi) is 6.56. The molecule has 0 aliphatic heterocycles. The first-order valence-corrected chi connectivity index (χ1v) is 7.18. The number of rotatable bonds is 6. The summed E-state index contributed by atoms with van der Waals surface area (Å²) in [6, 6.07) is 0.709. The van der Waals surface area contributed by atoms with E-state index in [1.54, 1.807) is 0 Å². The molecule has 0 saturated heterocycles. The van der Waals surface area contributed by atoms with E-state index >= 15 is 0 Å². The molecule has 3 heteroatoms. The SMILES string of the molecule is CCNC(C)CC(=O)NC1CCCC(CC)C1. The van der Waals surface area contributed by atoms with Crippen LogP contribution in [0.15, 0.2) is 0 Å². The molecule has 0 heterocycles. The van der Waals surface area contributed by atoms with Gasteiger partial charge in [-0.25, -0.2) is 0 Å². The standard InChI is InChI=1S/C14H28N2O/c1-4-12-7-6-8-13(10-12)16-14(17)9-11(3)15-5-2/h11-13,15H,4-10H2,1-3H3,(H,16,17). The summed E-state index contributed by atoms with van der Waals surface area (Å²) in [6.45, 7) is 7.32. The first-order chi connectivity index (χ1) is 8.15. The van der Waals surface area contributed by atoms with E-state index in [1.807, 2.05) is 0 Å². The van der Waals surface area contributed by atoms with Gasteiger partial charge in [0.15, 0.2) is 0 Å². The van der Waals surface area contributed by atoms with E-state index in [0.717, 1.165) is 18.9 Å². The van der Waals surface area contributed by atoms with E-state index in [2.05, 4.69) is 31.4 Å². The van der Waals surface area contributed by atoms with Crippen LogP contribution in [-0.2, 0) is 4.79 Å². The van der Waals surface area contributed by atoms with Crippen molar-refractivity contribution in [2.24, 2.45) is 5.92 Å². The average Bonchev–Trinajstić information content (AvgIpc) is 2.29. The molecule has 2 N–H and O–H groups in total. The Morgan fingerprint density at radius 1 is 1.35 bits per heavy atom. The number of carbonyl (C=O) groups excluding carboxylic acids is 1. The highest BCUT2D eigenvalue weighted by Gasteiger charge is 2.22. The lowest BCUT2D eigenvalue weighted by atomic mass is 9.84. The normalized spacial score (nSPS) is 26.5. The zero-order valence-electron chi connectivity index (χ0n) is 11.6. The second-order valence-corrected chi connectivity index (χ2v) is 5.37. The van der Waals surface area contributed by atoms with Crippen LogP contribution < -0.4 is 10.6 Å². The molecule has 17 heavy (non-hydrogen) atoms. The van der Waals surface area contributed by atoms with Gasteiger partial charge in [-0.1, -0.05) is 33.1 Å². The minimum absolute atomic E-state index is 0.209. The molecule has 0 aromatic rings. The van der Waals surface area contributed by atoms with E-state index in [9.17, 15) is 4.79 Å². The van der Waals surface area contributed by atoms with Crippen molar-refractivity contribution >= 4 is 5.91 Å². The maximum absolute atomic E-state index is 11.8. The predicted molar refractivity (Wildman–Crippen MR) is 71.9 cm³/mol. The summed E-state index contributed by atoms with van der Waals surface area (Å²) in [5.74, 6) is 1.03. The first-order valence-electron chi connectivity index (χ1n) is 7.18. The van der Waals surface area contributed by atoms with E-state index in [-0.39, 0.29) is 11.9 Å². The Bertz CT molecular complexity index is 230. The van der Waals surface area contributed by atoms with Gasteiger partial charge in [0.25, 0.3) is 0 Å². The fourth-order valence-corrected chi connectivity index (χ4v) is 2.78. The molecule has 1 rings (SSSR count). The van der Waals surface area contributed by atoms with Gasteiger partial charge < -0.3 is 10.6 Å². The summed E-state index contributed by atoms with van der Waals surface area (Å²) >= 11 is 0. The van der Waals surface area contributed by atoms with Crippen molar-refractivity contribution < 1.29 is 4.79 Å². The van der Waals surface area contributed by atoms with Gasteiger partial charge in [0.2, 0.25) is 5.91 Å². The van der Waals surface area contributed by atoms with Gasteiger partial charge in [0.05, 0.1) is 0 Å². The number of hydrogen-bond donors (Lipinski definition) is 2. The van der Waals surface area contributed by atoms with Crippen LogP contribution >= 0.6 is 0 Å². The van der Waals surface area contributed by atoms with E-state index in [0.29, 0.717) is 12.5 Å². The Morgan fingerprint density at radius 2 is 2.12 bits per heavy atom. The molecule has 3 nitrogen and oxygen atoms in total. The van der Waals surface area contributed by atoms with Crippen molar-refractivity contribution in [3.05, 3.63) is 0 Å². The third kappa shape index (κ3) is 5.53. The largest absolute Gasteiger partial charge is 0.353 e. The first kappa shape index (κ1) is 14.5. The molecule has 0 bridgehead atoms. The van der Waals surface area contributed by atoms with E-state index in [1.165, 1.54) is 25.7 Å². The molecule has 1 aliphatic carbocycles. The Hall–Kier alpha value is -0.570. The van der Waals surface area contributed by atoms with Crippen LogP contribution in [0.3, 0.4) is 0 Å². The maximum atomic E-state index is 11.8. The van der Waals surface area contributed by atoms with Crippen LogP contribution in [0.5, 0.6) is 0 Å². The van der Waals surface area contributed by atoms with Gasteiger partial charge in [-0.3, -0.25) is 4.79 Å². The van der Waals surface area contributed by atoms with Crippen molar-refractivity contribution in [3.63, 3.8) is 0 Å². The van der Waals surface area contributed by atoms with E-state index in [4.69, 9.17) is 0 Å². The van der Waals surface area contributed by atoms with Crippen molar-refractivity contribution in [3.8, 4) is 0 Å². The quantitative estimate of drug-likeness (QED) is 0.749. The van der Waals surface area contributed by atoms with Crippen molar-refractivity contribution in [2.45, 2.75) is 71.4 Å². The monoisotopic (exact) mass is 240 g/mol. The Balaban J connectivity index is 2.25. The Morgan fingerprint density at radius 3 is 2.76 bits per heavy atom. The highest BCUT2D eigenvalue weighted by atomic mass is 16.1. The molecule has 0 spiro atoms. The highest BCUT2D eigenvalue weighted by molar-refractivity contribution is 5.76. The molecule has 100 valence electrons. The van der Waals surface area contributed by atoms with Crippen molar-refractivity contribution in [1.82, 2.24) is 10.6 Å². The molecule has 1 amide bonds. The molecule has 0 aromatic heterocycles. The molecular formula is C14H28N2O. The van der Waals surface area contributed by atoms with Crippen LogP contribution in [-0.4, -0.2) is 24.5 Å². The third-order valence-electron chi connectivity index (χ3n) is 3.77. The van der Waals surface area contributed by atoms with Gasteiger partial charge in [-0.05, 0) is 32.2 Å². The summed E-state index contributed by atoms with van der Waals surface area (Å²) in [7, 11) is 0. The number of nitrogens with one attached hydrogen (secondary N) is 2. The lowest BCUT2D eigenvalue weighted by molar-refractivity contribution is -0.122. The smallest absolute Gasteiger partial charge is 0.221 e. The number of amides is 1. The Labute approximate surface area is 106 Å². The molecule has 1 fully saturated rings. The van der Waals surface area contributed by atoms with Crippen LogP contribution in [0, 0.1) is 5.92 Å². The second-order valence-electron chi connectivity index (χ2n) is 5.37. The molecule has 0 aromatic carbocycles. The average molecular weight is 240 g/mol. The van der Waals surface area contributed by atoms with Crippen LogP contribution in [0.25, 0.3) is 0 Å². The highest BCUT2D eigenvalue weighted by Crippen LogP contribution is 2.26. The summed E-state index contributed by atoms with van der Waals surface area (Å²) in [5.41, 5.74) is 0.